The highest BCUT2D eigenvalue weighted by Gasteiger charge is 2.44. The smallest absolute Gasteiger partial charge is 0.256 e. The molecule has 0 saturated carbocycles. The van der Waals surface area contributed by atoms with E-state index in [9.17, 15) is 9.59 Å². The molecule has 0 aliphatic carbocycles. The fourth-order valence-corrected chi connectivity index (χ4v) is 5.09. The summed E-state index contributed by atoms with van der Waals surface area (Å²) in [5.41, 5.74) is 1.28. The van der Waals surface area contributed by atoms with Crippen molar-refractivity contribution in [2.45, 2.75) is 32.2 Å². The second-order valence-corrected chi connectivity index (χ2v) is 9.74. The van der Waals surface area contributed by atoms with E-state index in [0.29, 0.717) is 34.5 Å². The fourth-order valence-electron chi connectivity index (χ4n) is 4.67. The average Bonchev–Trinajstić information content (AvgIpc) is 3.12. The van der Waals surface area contributed by atoms with Gasteiger partial charge in [-0.05, 0) is 80.5 Å². The fraction of sp³-hybridized carbons (Fsp3) is 0.444. The highest BCUT2D eigenvalue weighted by molar-refractivity contribution is 7.80. The number of likely N-dealkylation sites (tertiary alicyclic amines) is 1. The number of carbonyl (C=O) groups is 2. The van der Waals surface area contributed by atoms with Gasteiger partial charge in [-0.1, -0.05) is 13.0 Å². The molecule has 36 heavy (non-hydrogen) atoms. The summed E-state index contributed by atoms with van der Waals surface area (Å²) in [5.74, 6) is 1.64. The van der Waals surface area contributed by atoms with Gasteiger partial charge < -0.3 is 24.6 Å². The first-order chi connectivity index (χ1) is 17.4. The van der Waals surface area contributed by atoms with Crippen LogP contribution in [0.25, 0.3) is 0 Å². The van der Waals surface area contributed by atoms with Crippen LogP contribution >= 0.6 is 12.2 Å². The van der Waals surface area contributed by atoms with Crippen LogP contribution in [-0.4, -0.2) is 73.2 Å². The summed E-state index contributed by atoms with van der Waals surface area (Å²) in [6.07, 6.45) is 2.35. The number of methoxy groups -OCH3 is 2. The molecule has 0 bridgehead atoms. The number of rotatable bonds is 9. The SMILES string of the molecule is COc1ccc(NC(=O)C[C@H]2C(=O)N(c3cccc(OC)c3)C(=S)N2CCN2CCC(C)CC2)cc1. The Bertz CT molecular complexity index is 1090. The topological polar surface area (TPSA) is 74.3 Å². The molecular weight excluding hydrogens is 476 g/mol. The zero-order chi connectivity index (χ0) is 25.7. The van der Waals surface area contributed by atoms with Crippen molar-refractivity contribution in [1.29, 1.82) is 0 Å². The maximum absolute atomic E-state index is 13.6. The number of piperidine rings is 1. The molecule has 2 fully saturated rings. The number of ether oxygens (including phenoxy) is 2. The van der Waals surface area contributed by atoms with Gasteiger partial charge in [0.25, 0.3) is 5.91 Å². The van der Waals surface area contributed by atoms with Gasteiger partial charge >= 0.3 is 0 Å². The van der Waals surface area contributed by atoms with Crippen molar-refractivity contribution in [3.63, 3.8) is 0 Å². The van der Waals surface area contributed by atoms with Gasteiger partial charge in [-0.25, -0.2) is 0 Å². The van der Waals surface area contributed by atoms with Crippen LogP contribution in [0.2, 0.25) is 0 Å². The summed E-state index contributed by atoms with van der Waals surface area (Å²) >= 11 is 5.80. The molecule has 2 amide bonds. The molecular formula is C27H34N4O4S. The number of hydrogen-bond acceptors (Lipinski definition) is 6. The Hall–Kier alpha value is -3.17. The lowest BCUT2D eigenvalue weighted by Crippen LogP contribution is -2.44. The van der Waals surface area contributed by atoms with Crippen molar-refractivity contribution in [1.82, 2.24) is 9.80 Å². The Morgan fingerprint density at radius 3 is 2.39 bits per heavy atom. The summed E-state index contributed by atoms with van der Waals surface area (Å²) in [6, 6.07) is 13.7. The lowest BCUT2D eigenvalue weighted by molar-refractivity contribution is -0.124. The molecule has 2 heterocycles. The molecule has 8 nitrogen and oxygen atoms in total. The predicted molar refractivity (Wildman–Crippen MR) is 145 cm³/mol. The van der Waals surface area contributed by atoms with Crippen molar-refractivity contribution in [2.75, 3.05) is 50.6 Å². The van der Waals surface area contributed by atoms with E-state index in [1.165, 1.54) is 17.7 Å². The molecule has 9 heteroatoms. The van der Waals surface area contributed by atoms with Crippen LogP contribution in [-0.2, 0) is 9.59 Å². The highest BCUT2D eigenvalue weighted by atomic mass is 32.1. The molecule has 1 N–H and O–H groups in total. The zero-order valence-corrected chi connectivity index (χ0v) is 21.9. The molecule has 0 aromatic heterocycles. The molecule has 1 atom stereocenters. The summed E-state index contributed by atoms with van der Waals surface area (Å²) in [5, 5.41) is 3.31. The minimum atomic E-state index is -0.675. The van der Waals surface area contributed by atoms with Crippen LogP contribution in [0, 0.1) is 5.92 Å². The van der Waals surface area contributed by atoms with Crippen molar-refractivity contribution in [3.8, 4) is 11.5 Å². The summed E-state index contributed by atoms with van der Waals surface area (Å²) < 4.78 is 10.5. The van der Waals surface area contributed by atoms with E-state index >= 15 is 0 Å². The van der Waals surface area contributed by atoms with Crippen LogP contribution in [0.5, 0.6) is 11.5 Å². The monoisotopic (exact) mass is 510 g/mol. The normalized spacial score (nSPS) is 19.0. The Morgan fingerprint density at radius 2 is 1.72 bits per heavy atom. The highest BCUT2D eigenvalue weighted by Crippen LogP contribution is 2.30. The molecule has 4 rings (SSSR count). The van der Waals surface area contributed by atoms with Gasteiger partial charge in [-0.3, -0.25) is 14.5 Å². The van der Waals surface area contributed by atoms with E-state index in [1.54, 1.807) is 44.6 Å². The molecule has 192 valence electrons. The first-order valence-corrected chi connectivity index (χ1v) is 12.7. The molecule has 0 radical (unpaired) electrons. The Morgan fingerprint density at radius 1 is 1.03 bits per heavy atom. The Labute approximate surface area is 218 Å². The zero-order valence-electron chi connectivity index (χ0n) is 21.1. The number of hydrogen-bond donors (Lipinski definition) is 1. The maximum Gasteiger partial charge on any atom is 0.256 e. The first-order valence-electron chi connectivity index (χ1n) is 12.3. The number of amides is 2. The van der Waals surface area contributed by atoms with Crippen LogP contribution < -0.4 is 19.7 Å². The van der Waals surface area contributed by atoms with E-state index in [4.69, 9.17) is 21.7 Å². The molecule has 0 spiro atoms. The number of benzene rings is 2. The van der Waals surface area contributed by atoms with Gasteiger partial charge in [0.1, 0.15) is 17.5 Å². The number of nitrogens with one attached hydrogen (secondary N) is 1. The van der Waals surface area contributed by atoms with Crippen molar-refractivity contribution in [3.05, 3.63) is 48.5 Å². The third kappa shape index (κ3) is 5.96. The number of nitrogens with zero attached hydrogens (tertiary/aromatic N) is 3. The first kappa shape index (κ1) is 25.9. The standard InChI is InChI=1S/C27H34N4O4S/c1-19-11-13-29(14-12-19)15-16-30-24(18-25(32)28-20-7-9-22(34-2)10-8-20)26(33)31(27(30)36)21-5-4-6-23(17-21)35-3/h4-10,17,19,24H,11-16,18H2,1-3H3,(H,28,32)/t24-/m0/s1. The molecule has 2 aromatic carbocycles. The van der Waals surface area contributed by atoms with Gasteiger partial charge in [0.05, 0.1) is 26.3 Å². The van der Waals surface area contributed by atoms with Crippen molar-refractivity contribution < 1.29 is 19.1 Å². The molecule has 2 aliphatic rings. The van der Waals surface area contributed by atoms with E-state index in [0.717, 1.165) is 25.6 Å². The van der Waals surface area contributed by atoms with E-state index < -0.39 is 6.04 Å². The summed E-state index contributed by atoms with van der Waals surface area (Å²) in [6.45, 7) is 5.74. The molecule has 2 saturated heterocycles. The lowest BCUT2D eigenvalue weighted by atomic mass is 9.99. The quantitative estimate of drug-likeness (QED) is 0.515. The summed E-state index contributed by atoms with van der Waals surface area (Å²) in [4.78, 5) is 32.5. The van der Waals surface area contributed by atoms with Crippen LogP contribution in [0.3, 0.4) is 0 Å². The van der Waals surface area contributed by atoms with Gasteiger partial charge in [-0.2, -0.15) is 0 Å². The maximum atomic E-state index is 13.6. The largest absolute Gasteiger partial charge is 0.497 e. The van der Waals surface area contributed by atoms with E-state index in [2.05, 4.69) is 17.1 Å². The van der Waals surface area contributed by atoms with Crippen molar-refractivity contribution in [2.24, 2.45) is 5.92 Å². The number of carbonyl (C=O) groups excluding carboxylic acids is 2. The van der Waals surface area contributed by atoms with Gasteiger partial charge in [-0.15, -0.1) is 0 Å². The van der Waals surface area contributed by atoms with Gasteiger partial charge in [0.2, 0.25) is 5.91 Å². The second kappa shape index (κ2) is 11.7. The molecule has 2 aliphatic heterocycles. The summed E-state index contributed by atoms with van der Waals surface area (Å²) in [7, 11) is 3.18. The minimum absolute atomic E-state index is 0.00249. The van der Waals surface area contributed by atoms with Gasteiger partial charge in [0, 0.05) is 24.8 Å². The second-order valence-electron chi connectivity index (χ2n) is 9.37. The van der Waals surface area contributed by atoms with E-state index in [1.807, 2.05) is 23.1 Å². The lowest BCUT2D eigenvalue weighted by Gasteiger charge is -2.32. The predicted octanol–water partition coefficient (Wildman–Crippen LogP) is 3.77. The van der Waals surface area contributed by atoms with Crippen molar-refractivity contribution >= 4 is 40.5 Å². The van der Waals surface area contributed by atoms with Crippen LogP contribution in [0.1, 0.15) is 26.2 Å². The molecule has 0 unspecified atom stereocenters. The van der Waals surface area contributed by atoms with Crippen LogP contribution in [0.15, 0.2) is 48.5 Å². The van der Waals surface area contributed by atoms with Crippen LogP contribution in [0.4, 0.5) is 11.4 Å². The Kier molecular flexibility index (Phi) is 8.43. The van der Waals surface area contributed by atoms with E-state index in [-0.39, 0.29) is 18.2 Å². The minimum Gasteiger partial charge on any atom is -0.497 e. The third-order valence-electron chi connectivity index (χ3n) is 6.92. The third-order valence-corrected chi connectivity index (χ3v) is 7.33. The molecule has 2 aromatic rings. The number of thiocarbonyl (C=S) groups is 1. The number of anilines is 2. The Balaban J connectivity index is 1.51. The van der Waals surface area contributed by atoms with Gasteiger partial charge in [0.15, 0.2) is 5.11 Å². The average molecular weight is 511 g/mol.